The number of rotatable bonds is 6. The molecular weight excluding hydrogens is 362 g/mol. The number of benzene rings is 1. The molecule has 3 rings (SSSR count). The number of thiazole rings is 1. The van der Waals surface area contributed by atoms with Crippen LogP contribution in [0.25, 0.3) is 0 Å². The van der Waals surface area contributed by atoms with Gasteiger partial charge in [-0.1, -0.05) is 0 Å². The van der Waals surface area contributed by atoms with Gasteiger partial charge in [-0.25, -0.2) is 13.4 Å². The van der Waals surface area contributed by atoms with Crippen LogP contribution in [0, 0.1) is 0 Å². The predicted molar refractivity (Wildman–Crippen MR) is 94.2 cm³/mol. The Morgan fingerprint density at radius 2 is 1.96 bits per heavy atom. The zero-order valence-electron chi connectivity index (χ0n) is 13.6. The van der Waals surface area contributed by atoms with Crippen molar-refractivity contribution >= 4 is 27.3 Å². The number of nitrogens with zero attached hydrogens (tertiary/aromatic N) is 2. The fourth-order valence-electron chi connectivity index (χ4n) is 2.48. The van der Waals surface area contributed by atoms with E-state index in [-0.39, 0.29) is 10.8 Å². The van der Waals surface area contributed by atoms with Crippen molar-refractivity contribution in [3.05, 3.63) is 46.4 Å². The number of sulfonamides is 1. The van der Waals surface area contributed by atoms with Gasteiger partial charge in [-0.05, 0) is 24.3 Å². The van der Waals surface area contributed by atoms with Crippen molar-refractivity contribution in [2.75, 3.05) is 32.8 Å². The fourth-order valence-corrected chi connectivity index (χ4v) is 4.48. The molecule has 9 heteroatoms. The van der Waals surface area contributed by atoms with E-state index in [1.165, 1.54) is 39.9 Å². The minimum absolute atomic E-state index is 0.188. The number of amides is 1. The monoisotopic (exact) mass is 381 g/mol. The SMILES string of the molecule is O=C(NCCc1cscn1)c1ccc(S(=O)(=O)N2CCOCC2)cc1. The molecule has 0 atom stereocenters. The van der Waals surface area contributed by atoms with Gasteiger partial charge in [0.25, 0.3) is 5.91 Å². The van der Waals surface area contributed by atoms with Crippen LogP contribution in [0.15, 0.2) is 40.1 Å². The maximum atomic E-state index is 12.5. The minimum atomic E-state index is -3.54. The highest BCUT2D eigenvalue weighted by Gasteiger charge is 2.26. The molecule has 134 valence electrons. The largest absolute Gasteiger partial charge is 0.379 e. The summed E-state index contributed by atoms with van der Waals surface area (Å²) < 4.78 is 31.7. The average molecular weight is 381 g/mol. The fraction of sp³-hybridized carbons (Fsp3) is 0.375. The number of nitrogens with one attached hydrogen (secondary N) is 1. The van der Waals surface area contributed by atoms with E-state index in [1.807, 2.05) is 5.38 Å². The smallest absolute Gasteiger partial charge is 0.251 e. The standard InChI is InChI=1S/C16H19N3O4S2/c20-16(17-6-5-14-11-24-12-18-14)13-1-3-15(4-2-13)25(21,22)19-7-9-23-10-8-19/h1-4,11-12H,5-10H2,(H,17,20). The van der Waals surface area contributed by atoms with Gasteiger partial charge >= 0.3 is 0 Å². The van der Waals surface area contributed by atoms with E-state index in [0.717, 1.165) is 5.69 Å². The highest BCUT2D eigenvalue weighted by Crippen LogP contribution is 2.17. The van der Waals surface area contributed by atoms with Gasteiger partial charge in [0, 0.05) is 37.0 Å². The molecule has 7 nitrogen and oxygen atoms in total. The van der Waals surface area contributed by atoms with Crippen LogP contribution in [0.5, 0.6) is 0 Å². The second kappa shape index (κ2) is 8.05. The Balaban J connectivity index is 1.60. The summed E-state index contributed by atoms with van der Waals surface area (Å²) in [6, 6.07) is 6.01. The summed E-state index contributed by atoms with van der Waals surface area (Å²) in [4.78, 5) is 16.5. The minimum Gasteiger partial charge on any atom is -0.379 e. The van der Waals surface area contributed by atoms with Crippen LogP contribution in [0.4, 0.5) is 0 Å². The molecule has 0 bridgehead atoms. The second-order valence-corrected chi connectivity index (χ2v) is 8.18. The van der Waals surface area contributed by atoms with Crippen LogP contribution in [-0.2, 0) is 21.2 Å². The zero-order chi connectivity index (χ0) is 17.7. The van der Waals surface area contributed by atoms with Crippen LogP contribution in [0.3, 0.4) is 0 Å². The van der Waals surface area contributed by atoms with Gasteiger partial charge in [0.1, 0.15) is 0 Å². The molecule has 1 aliphatic heterocycles. The molecular formula is C16H19N3O4S2. The molecule has 1 aromatic heterocycles. The first-order valence-corrected chi connectivity index (χ1v) is 10.3. The number of ether oxygens (including phenoxy) is 1. The van der Waals surface area contributed by atoms with E-state index in [2.05, 4.69) is 10.3 Å². The van der Waals surface area contributed by atoms with E-state index in [9.17, 15) is 13.2 Å². The van der Waals surface area contributed by atoms with Gasteiger partial charge in [-0.15, -0.1) is 11.3 Å². The first-order chi connectivity index (χ1) is 12.1. The maximum Gasteiger partial charge on any atom is 0.251 e. The van der Waals surface area contributed by atoms with Crippen LogP contribution >= 0.6 is 11.3 Å². The molecule has 0 unspecified atom stereocenters. The molecule has 25 heavy (non-hydrogen) atoms. The summed E-state index contributed by atoms with van der Waals surface area (Å²) >= 11 is 1.52. The van der Waals surface area contributed by atoms with Crippen LogP contribution in [0.2, 0.25) is 0 Å². The summed E-state index contributed by atoms with van der Waals surface area (Å²) in [5, 5.41) is 4.75. The Labute approximate surface area is 150 Å². The van der Waals surface area contributed by atoms with Crippen molar-refractivity contribution in [1.82, 2.24) is 14.6 Å². The molecule has 1 amide bonds. The summed E-state index contributed by atoms with van der Waals surface area (Å²) in [7, 11) is -3.54. The van der Waals surface area contributed by atoms with Crippen LogP contribution in [0.1, 0.15) is 16.1 Å². The normalized spacial score (nSPS) is 15.8. The number of morpholine rings is 1. The van der Waals surface area contributed by atoms with Crippen molar-refractivity contribution in [3.63, 3.8) is 0 Å². The number of aromatic nitrogens is 1. The van der Waals surface area contributed by atoms with E-state index in [1.54, 1.807) is 5.51 Å². The van der Waals surface area contributed by atoms with Crippen LogP contribution < -0.4 is 5.32 Å². The third-order valence-electron chi connectivity index (χ3n) is 3.87. The Hall–Kier alpha value is -1.81. The lowest BCUT2D eigenvalue weighted by Crippen LogP contribution is -2.40. The van der Waals surface area contributed by atoms with Crippen molar-refractivity contribution < 1.29 is 17.9 Å². The van der Waals surface area contributed by atoms with Crippen molar-refractivity contribution in [1.29, 1.82) is 0 Å². The predicted octanol–water partition coefficient (Wildman–Crippen LogP) is 1.14. The summed E-state index contributed by atoms with van der Waals surface area (Å²) in [6.45, 7) is 1.98. The van der Waals surface area contributed by atoms with E-state index >= 15 is 0 Å². The van der Waals surface area contributed by atoms with Crippen molar-refractivity contribution in [3.8, 4) is 0 Å². The first-order valence-electron chi connectivity index (χ1n) is 7.90. The van der Waals surface area contributed by atoms with Gasteiger partial charge in [-0.2, -0.15) is 4.31 Å². The highest BCUT2D eigenvalue weighted by atomic mass is 32.2. The molecule has 0 saturated carbocycles. The number of carbonyl (C=O) groups excluding carboxylic acids is 1. The molecule has 1 aliphatic rings. The molecule has 1 aromatic carbocycles. The lowest BCUT2D eigenvalue weighted by Gasteiger charge is -2.26. The summed E-state index contributed by atoms with van der Waals surface area (Å²) in [6.07, 6.45) is 0.665. The summed E-state index contributed by atoms with van der Waals surface area (Å²) in [5.74, 6) is -0.231. The molecule has 0 aliphatic carbocycles. The molecule has 1 fully saturated rings. The Morgan fingerprint density at radius 3 is 2.60 bits per heavy atom. The van der Waals surface area contributed by atoms with E-state index in [0.29, 0.717) is 44.8 Å². The molecule has 1 saturated heterocycles. The Kier molecular flexibility index (Phi) is 5.79. The molecule has 0 spiro atoms. The average Bonchev–Trinajstić information content (AvgIpc) is 3.16. The van der Waals surface area contributed by atoms with Crippen molar-refractivity contribution in [2.45, 2.75) is 11.3 Å². The molecule has 2 aromatic rings. The maximum absolute atomic E-state index is 12.5. The lowest BCUT2D eigenvalue weighted by atomic mass is 10.2. The van der Waals surface area contributed by atoms with Gasteiger partial charge in [0.15, 0.2) is 0 Å². The summed E-state index contributed by atoms with van der Waals surface area (Å²) in [5.41, 5.74) is 3.13. The van der Waals surface area contributed by atoms with Crippen LogP contribution in [-0.4, -0.2) is 56.5 Å². The van der Waals surface area contributed by atoms with Gasteiger partial charge in [0.05, 0.1) is 29.3 Å². The molecule has 2 heterocycles. The topological polar surface area (TPSA) is 88.6 Å². The zero-order valence-corrected chi connectivity index (χ0v) is 15.2. The van der Waals surface area contributed by atoms with Gasteiger partial charge < -0.3 is 10.1 Å². The molecule has 1 N–H and O–H groups in total. The second-order valence-electron chi connectivity index (χ2n) is 5.53. The first kappa shape index (κ1) is 18.0. The van der Waals surface area contributed by atoms with E-state index in [4.69, 9.17) is 4.74 Å². The van der Waals surface area contributed by atoms with E-state index < -0.39 is 10.0 Å². The number of hydrogen-bond donors (Lipinski definition) is 1. The third-order valence-corrected chi connectivity index (χ3v) is 6.42. The Bertz CT molecular complexity index is 798. The third kappa shape index (κ3) is 4.43. The quantitative estimate of drug-likeness (QED) is 0.811. The van der Waals surface area contributed by atoms with Gasteiger partial charge in [-0.3, -0.25) is 4.79 Å². The number of carbonyl (C=O) groups is 1. The molecule has 0 radical (unpaired) electrons. The van der Waals surface area contributed by atoms with Crippen molar-refractivity contribution in [2.24, 2.45) is 0 Å². The van der Waals surface area contributed by atoms with Gasteiger partial charge in [0.2, 0.25) is 10.0 Å². The highest BCUT2D eigenvalue weighted by molar-refractivity contribution is 7.89. The number of hydrogen-bond acceptors (Lipinski definition) is 6. The Morgan fingerprint density at radius 1 is 1.24 bits per heavy atom. The lowest BCUT2D eigenvalue weighted by molar-refractivity contribution is 0.0730.